The van der Waals surface area contributed by atoms with E-state index in [0.29, 0.717) is 5.75 Å². The first kappa shape index (κ1) is 20.0. The third kappa shape index (κ3) is 4.75. The molecule has 3 nitrogen and oxygen atoms in total. The van der Waals surface area contributed by atoms with Crippen molar-refractivity contribution < 1.29 is 9.84 Å². The van der Waals surface area contributed by atoms with Gasteiger partial charge in [0.25, 0.3) is 0 Å². The fourth-order valence-corrected chi connectivity index (χ4v) is 4.84. The molecule has 1 fully saturated rings. The van der Waals surface area contributed by atoms with Crippen molar-refractivity contribution in [1.29, 1.82) is 0 Å². The van der Waals surface area contributed by atoms with Crippen molar-refractivity contribution in [1.82, 2.24) is 0 Å². The number of phenolic OH excluding ortho intramolecular Hbond substituents is 1. The van der Waals surface area contributed by atoms with Crippen molar-refractivity contribution in [2.24, 2.45) is 10.8 Å². The van der Waals surface area contributed by atoms with Crippen LogP contribution in [0.2, 0.25) is 0 Å². The van der Waals surface area contributed by atoms with Crippen LogP contribution in [0.15, 0.2) is 54.1 Å². The highest BCUT2D eigenvalue weighted by Gasteiger charge is 2.37. The van der Waals surface area contributed by atoms with Gasteiger partial charge in [-0.1, -0.05) is 57.5 Å². The van der Waals surface area contributed by atoms with Gasteiger partial charge < -0.3 is 9.84 Å². The van der Waals surface area contributed by atoms with Gasteiger partial charge in [-0.3, -0.25) is 4.85 Å². The van der Waals surface area contributed by atoms with Crippen molar-refractivity contribution in [3.8, 4) is 11.5 Å². The smallest absolute Gasteiger partial charge is 0.357 e. The van der Waals surface area contributed by atoms with Crippen molar-refractivity contribution in [3.05, 3.63) is 76.6 Å². The molecule has 1 aliphatic carbocycles. The van der Waals surface area contributed by atoms with Crippen LogP contribution in [0.5, 0.6) is 11.5 Å². The van der Waals surface area contributed by atoms with Gasteiger partial charge in [0.15, 0.2) is 0 Å². The summed E-state index contributed by atoms with van der Waals surface area (Å²) in [6, 6.07) is 15.5. The molecular weight excluding hydrogens is 346 g/mol. The summed E-state index contributed by atoms with van der Waals surface area (Å²) in [7, 11) is 0. The molecule has 28 heavy (non-hydrogen) atoms. The van der Waals surface area contributed by atoms with Crippen molar-refractivity contribution >= 4 is 5.57 Å². The molecule has 3 heteroatoms. The maximum absolute atomic E-state index is 9.75. The quantitative estimate of drug-likeness (QED) is 0.604. The van der Waals surface area contributed by atoms with E-state index in [1.807, 2.05) is 24.3 Å². The second kappa shape index (κ2) is 7.72. The first-order valence-corrected chi connectivity index (χ1v) is 9.77. The molecule has 0 bridgehead atoms. The Morgan fingerprint density at radius 3 is 1.93 bits per heavy atom. The lowest BCUT2D eigenvalue weighted by molar-refractivity contribution is 0.154. The third-order valence-electron chi connectivity index (χ3n) is 5.29. The number of phenols is 1. The number of nitrogens with zero attached hydrogens (tertiary/aromatic N) is 1. The van der Waals surface area contributed by atoms with E-state index in [9.17, 15) is 5.11 Å². The number of benzene rings is 2. The van der Waals surface area contributed by atoms with Crippen molar-refractivity contribution in [3.63, 3.8) is 0 Å². The van der Waals surface area contributed by atoms with E-state index in [0.717, 1.165) is 24.0 Å². The summed E-state index contributed by atoms with van der Waals surface area (Å²) in [5, 5.41) is 9.75. The molecule has 2 aromatic rings. The fraction of sp³-hybridized carbons (Fsp3) is 0.400. The van der Waals surface area contributed by atoms with Gasteiger partial charge >= 0.3 is 6.73 Å². The van der Waals surface area contributed by atoms with E-state index in [4.69, 9.17) is 11.3 Å². The summed E-state index contributed by atoms with van der Waals surface area (Å²) in [5.41, 5.74) is 5.47. The highest BCUT2D eigenvalue weighted by atomic mass is 16.5. The summed E-state index contributed by atoms with van der Waals surface area (Å²) >= 11 is 0. The molecule has 2 aromatic carbocycles. The Morgan fingerprint density at radius 2 is 1.43 bits per heavy atom. The average Bonchev–Trinajstić information content (AvgIpc) is 2.60. The second-order valence-electron chi connectivity index (χ2n) is 9.34. The maximum atomic E-state index is 9.75. The summed E-state index contributed by atoms with van der Waals surface area (Å²) < 4.78 is 5.42. The molecule has 0 aromatic heterocycles. The van der Waals surface area contributed by atoms with Crippen LogP contribution in [0.1, 0.15) is 58.1 Å². The van der Waals surface area contributed by atoms with Crippen LogP contribution in [0, 0.1) is 17.4 Å². The lowest BCUT2D eigenvalue weighted by Crippen LogP contribution is -2.30. The van der Waals surface area contributed by atoms with E-state index < -0.39 is 0 Å². The highest BCUT2D eigenvalue weighted by molar-refractivity contribution is 5.82. The van der Waals surface area contributed by atoms with Gasteiger partial charge in [0.1, 0.15) is 11.5 Å². The predicted octanol–water partition coefficient (Wildman–Crippen LogP) is 6.69. The van der Waals surface area contributed by atoms with E-state index >= 15 is 0 Å². The summed E-state index contributed by atoms with van der Waals surface area (Å²) in [6.07, 6.45) is 3.32. The molecule has 0 spiro atoms. The standard InChI is InChI=1S/C25H29NO2/c1-24(2)14-20(15-25(3,4)16-24)23(18-6-10-21(27)11-7-18)19-8-12-22(13-9-19)28-17-26-5/h6-13,27H,14-17H2,1-4H3. The molecule has 3 rings (SSSR count). The molecule has 1 aliphatic rings. The Hall–Kier alpha value is -2.73. The van der Waals surface area contributed by atoms with Crippen LogP contribution in [-0.2, 0) is 0 Å². The zero-order valence-corrected chi connectivity index (χ0v) is 17.2. The Bertz CT molecular complexity index is 879. The van der Waals surface area contributed by atoms with E-state index in [2.05, 4.69) is 44.7 Å². The molecule has 1 N–H and O–H groups in total. The first-order valence-electron chi connectivity index (χ1n) is 9.77. The molecule has 0 aliphatic heterocycles. The first-order chi connectivity index (χ1) is 13.2. The Labute approximate surface area is 168 Å². The van der Waals surface area contributed by atoms with Gasteiger partial charge in [-0.05, 0) is 71.1 Å². The predicted molar refractivity (Wildman–Crippen MR) is 114 cm³/mol. The lowest BCUT2D eigenvalue weighted by Gasteiger charge is -2.43. The van der Waals surface area contributed by atoms with Gasteiger partial charge in [-0.25, -0.2) is 6.57 Å². The zero-order chi connectivity index (χ0) is 20.4. The molecule has 0 saturated heterocycles. The van der Waals surface area contributed by atoms with Gasteiger partial charge in [0, 0.05) is 0 Å². The van der Waals surface area contributed by atoms with E-state index in [-0.39, 0.29) is 23.3 Å². The normalized spacial score (nSPS) is 17.6. The van der Waals surface area contributed by atoms with Gasteiger partial charge in [0.2, 0.25) is 0 Å². The van der Waals surface area contributed by atoms with E-state index in [1.165, 1.54) is 17.6 Å². The second-order valence-corrected chi connectivity index (χ2v) is 9.34. The molecular formula is C25H29NO2. The Kier molecular flexibility index (Phi) is 5.52. The number of allylic oxidation sites excluding steroid dienone is 1. The maximum Gasteiger partial charge on any atom is 0.357 e. The molecule has 0 amide bonds. The topological polar surface area (TPSA) is 33.8 Å². The van der Waals surface area contributed by atoms with Crippen LogP contribution in [0.3, 0.4) is 0 Å². The fourth-order valence-electron chi connectivity index (χ4n) is 4.84. The van der Waals surface area contributed by atoms with E-state index in [1.54, 1.807) is 12.1 Å². The highest BCUT2D eigenvalue weighted by Crippen LogP contribution is 2.50. The number of hydrogen-bond acceptors (Lipinski definition) is 2. The minimum atomic E-state index is 0.0354. The summed E-state index contributed by atoms with van der Waals surface area (Å²) in [5.74, 6) is 0.986. The number of rotatable bonds is 4. The minimum Gasteiger partial charge on any atom is -0.508 e. The summed E-state index contributed by atoms with van der Waals surface area (Å²) in [6.45, 7) is 16.3. The number of ether oxygens (including phenoxy) is 1. The van der Waals surface area contributed by atoms with Gasteiger partial charge in [-0.15, -0.1) is 0 Å². The monoisotopic (exact) mass is 375 g/mol. The molecule has 0 radical (unpaired) electrons. The average molecular weight is 376 g/mol. The Morgan fingerprint density at radius 1 is 0.929 bits per heavy atom. The SMILES string of the molecule is [C-]#[N+]COc1ccc(C(=C2CC(C)(C)CC(C)(C)C2)c2ccc(O)cc2)cc1. The van der Waals surface area contributed by atoms with Crippen LogP contribution >= 0.6 is 0 Å². The summed E-state index contributed by atoms with van der Waals surface area (Å²) in [4.78, 5) is 3.24. The van der Waals surface area contributed by atoms with Crippen LogP contribution in [-0.4, -0.2) is 11.8 Å². The van der Waals surface area contributed by atoms with Crippen molar-refractivity contribution in [2.45, 2.75) is 47.0 Å². The lowest BCUT2D eigenvalue weighted by atomic mass is 9.62. The zero-order valence-electron chi connectivity index (χ0n) is 17.2. The van der Waals surface area contributed by atoms with Crippen molar-refractivity contribution in [2.75, 3.05) is 6.73 Å². The molecule has 1 saturated carbocycles. The number of aromatic hydroxyl groups is 1. The molecule has 0 heterocycles. The van der Waals surface area contributed by atoms with Crippen LogP contribution < -0.4 is 4.74 Å². The minimum absolute atomic E-state index is 0.0354. The molecule has 0 atom stereocenters. The molecule has 0 unspecified atom stereocenters. The largest absolute Gasteiger partial charge is 0.508 e. The van der Waals surface area contributed by atoms with Gasteiger partial charge in [-0.2, -0.15) is 0 Å². The number of hydrogen-bond donors (Lipinski definition) is 1. The van der Waals surface area contributed by atoms with Crippen LogP contribution in [0.25, 0.3) is 10.4 Å². The molecule has 146 valence electrons. The van der Waals surface area contributed by atoms with Crippen LogP contribution in [0.4, 0.5) is 0 Å². The van der Waals surface area contributed by atoms with Gasteiger partial charge in [0.05, 0.1) is 0 Å². The third-order valence-corrected chi connectivity index (χ3v) is 5.29. The Balaban J connectivity index is 2.10.